The molecule has 1 aromatic heterocycles. The molecule has 0 spiro atoms. The van der Waals surface area contributed by atoms with Gasteiger partial charge in [-0.2, -0.15) is 0 Å². The normalized spacial score (nSPS) is 12.4. The second-order valence-electron chi connectivity index (χ2n) is 5.84. The zero-order valence-electron chi connectivity index (χ0n) is 14.7. The molecule has 0 radical (unpaired) electrons. The van der Waals surface area contributed by atoms with Crippen molar-refractivity contribution in [2.75, 3.05) is 13.1 Å². The average molecular weight is 395 g/mol. The molecule has 0 saturated carbocycles. The lowest BCUT2D eigenvalue weighted by Gasteiger charge is -2.18. The zero-order chi connectivity index (χ0) is 19.2. The van der Waals surface area contributed by atoms with Crippen LogP contribution in [0.1, 0.15) is 29.7 Å². The van der Waals surface area contributed by atoms with Crippen molar-refractivity contribution in [1.82, 2.24) is 10.6 Å². The van der Waals surface area contributed by atoms with E-state index in [0.717, 1.165) is 16.9 Å². The van der Waals surface area contributed by atoms with Gasteiger partial charge in [0.25, 0.3) is 0 Å². The van der Waals surface area contributed by atoms with Gasteiger partial charge in [0.2, 0.25) is 0 Å². The summed E-state index contributed by atoms with van der Waals surface area (Å²) in [6.45, 7) is 3.99. The standard InChI is InChI=1S/C18H22N2O4S2/c1-3-10-19-17(21)18(22)20-12-15(14-8-6-13(2)7-9-14)26(23,24)16-5-4-11-25-16/h4-9,11,15H,3,10,12H2,1-2H3,(H,19,21)(H,20,22)/t15-/m1/s1. The highest BCUT2D eigenvalue weighted by molar-refractivity contribution is 7.93. The summed E-state index contributed by atoms with van der Waals surface area (Å²) in [5, 5.41) is 5.64. The summed E-state index contributed by atoms with van der Waals surface area (Å²) in [4.78, 5) is 23.6. The van der Waals surface area contributed by atoms with E-state index in [2.05, 4.69) is 10.6 Å². The maximum atomic E-state index is 13.0. The van der Waals surface area contributed by atoms with E-state index in [4.69, 9.17) is 0 Å². The second-order valence-corrected chi connectivity index (χ2v) is 9.15. The molecule has 2 rings (SSSR count). The number of hydrogen-bond donors (Lipinski definition) is 2. The lowest BCUT2D eigenvalue weighted by atomic mass is 10.1. The fourth-order valence-electron chi connectivity index (χ4n) is 2.34. The third-order valence-corrected chi connectivity index (χ3v) is 7.32. The van der Waals surface area contributed by atoms with Gasteiger partial charge in [-0.05, 0) is 30.4 Å². The number of carbonyl (C=O) groups excluding carboxylic acids is 2. The summed E-state index contributed by atoms with van der Waals surface area (Å²) in [6, 6.07) is 10.3. The first-order chi connectivity index (χ1) is 12.4. The van der Waals surface area contributed by atoms with E-state index >= 15 is 0 Å². The van der Waals surface area contributed by atoms with Crippen molar-refractivity contribution in [2.24, 2.45) is 0 Å². The number of amides is 2. The van der Waals surface area contributed by atoms with Crippen LogP contribution in [-0.4, -0.2) is 33.3 Å². The minimum atomic E-state index is -3.69. The molecular weight excluding hydrogens is 372 g/mol. The van der Waals surface area contributed by atoms with Crippen molar-refractivity contribution in [1.29, 1.82) is 0 Å². The number of rotatable bonds is 7. The third-order valence-electron chi connectivity index (χ3n) is 3.79. The lowest BCUT2D eigenvalue weighted by molar-refractivity contribution is -0.139. The molecule has 1 atom stereocenters. The molecule has 2 N–H and O–H groups in total. The number of aryl methyl sites for hydroxylation is 1. The summed E-state index contributed by atoms with van der Waals surface area (Å²) in [5.41, 5.74) is 1.57. The minimum absolute atomic E-state index is 0.179. The number of thiophene rings is 1. The van der Waals surface area contributed by atoms with Gasteiger partial charge in [0, 0.05) is 13.1 Å². The van der Waals surface area contributed by atoms with Crippen LogP contribution in [0.4, 0.5) is 0 Å². The van der Waals surface area contributed by atoms with Crippen molar-refractivity contribution in [3.05, 3.63) is 52.9 Å². The maximum absolute atomic E-state index is 13.0. The highest BCUT2D eigenvalue weighted by atomic mass is 32.2. The molecule has 0 unspecified atom stereocenters. The van der Waals surface area contributed by atoms with Gasteiger partial charge in [-0.1, -0.05) is 42.8 Å². The Labute approximate surface area is 157 Å². The van der Waals surface area contributed by atoms with Crippen LogP contribution in [-0.2, 0) is 19.4 Å². The van der Waals surface area contributed by atoms with E-state index in [-0.39, 0.29) is 10.8 Å². The molecule has 8 heteroatoms. The van der Waals surface area contributed by atoms with E-state index in [9.17, 15) is 18.0 Å². The minimum Gasteiger partial charge on any atom is -0.348 e. The van der Waals surface area contributed by atoms with Crippen LogP contribution in [0.25, 0.3) is 0 Å². The van der Waals surface area contributed by atoms with Crippen LogP contribution in [0.2, 0.25) is 0 Å². The second kappa shape index (κ2) is 8.95. The van der Waals surface area contributed by atoms with Crippen molar-refractivity contribution in [3.63, 3.8) is 0 Å². The molecule has 1 aromatic carbocycles. The molecular formula is C18H22N2O4S2. The van der Waals surface area contributed by atoms with Gasteiger partial charge in [0.05, 0.1) is 0 Å². The van der Waals surface area contributed by atoms with Crippen LogP contribution in [0, 0.1) is 6.92 Å². The van der Waals surface area contributed by atoms with Crippen molar-refractivity contribution in [3.8, 4) is 0 Å². The van der Waals surface area contributed by atoms with Gasteiger partial charge in [0.1, 0.15) is 9.46 Å². The molecule has 2 amide bonds. The molecule has 6 nitrogen and oxygen atoms in total. The fraction of sp³-hybridized carbons (Fsp3) is 0.333. The Hall–Kier alpha value is -2.19. The highest BCUT2D eigenvalue weighted by Crippen LogP contribution is 2.31. The van der Waals surface area contributed by atoms with Gasteiger partial charge < -0.3 is 10.6 Å². The first-order valence-corrected chi connectivity index (χ1v) is 10.7. The molecule has 26 heavy (non-hydrogen) atoms. The number of sulfone groups is 1. The molecule has 2 aromatic rings. The maximum Gasteiger partial charge on any atom is 0.309 e. The summed E-state index contributed by atoms with van der Waals surface area (Å²) in [5.74, 6) is -1.60. The van der Waals surface area contributed by atoms with Crippen molar-refractivity contribution >= 4 is 33.0 Å². The van der Waals surface area contributed by atoms with Crippen molar-refractivity contribution < 1.29 is 18.0 Å². The number of carbonyl (C=O) groups is 2. The van der Waals surface area contributed by atoms with Gasteiger partial charge in [-0.25, -0.2) is 8.42 Å². The Morgan fingerprint density at radius 2 is 1.73 bits per heavy atom. The number of nitrogens with one attached hydrogen (secondary N) is 2. The molecule has 0 bridgehead atoms. The highest BCUT2D eigenvalue weighted by Gasteiger charge is 2.31. The predicted molar refractivity (Wildman–Crippen MR) is 102 cm³/mol. The van der Waals surface area contributed by atoms with Crippen LogP contribution in [0.5, 0.6) is 0 Å². The Morgan fingerprint density at radius 1 is 1.08 bits per heavy atom. The first kappa shape index (κ1) is 20.1. The SMILES string of the molecule is CCCNC(=O)C(=O)NC[C@H](c1ccc(C)cc1)S(=O)(=O)c1cccs1. The fourth-order valence-corrected chi connectivity index (χ4v) is 5.20. The Bertz CT molecular complexity index is 844. The van der Waals surface area contributed by atoms with E-state index < -0.39 is 26.9 Å². The van der Waals surface area contributed by atoms with E-state index in [1.807, 2.05) is 26.0 Å². The van der Waals surface area contributed by atoms with Crippen molar-refractivity contribution in [2.45, 2.75) is 29.7 Å². The van der Waals surface area contributed by atoms with E-state index in [0.29, 0.717) is 18.5 Å². The number of benzene rings is 1. The van der Waals surface area contributed by atoms with Gasteiger partial charge in [-0.3, -0.25) is 9.59 Å². The Morgan fingerprint density at radius 3 is 2.31 bits per heavy atom. The summed E-state index contributed by atoms with van der Waals surface area (Å²) >= 11 is 1.13. The first-order valence-electron chi connectivity index (χ1n) is 8.26. The zero-order valence-corrected chi connectivity index (χ0v) is 16.3. The van der Waals surface area contributed by atoms with Gasteiger partial charge in [0.15, 0.2) is 9.84 Å². The molecule has 0 saturated heterocycles. The number of hydrogen-bond acceptors (Lipinski definition) is 5. The van der Waals surface area contributed by atoms with Crippen LogP contribution in [0.15, 0.2) is 46.0 Å². The van der Waals surface area contributed by atoms with Crippen LogP contribution < -0.4 is 10.6 Å². The van der Waals surface area contributed by atoms with E-state index in [1.54, 1.807) is 23.6 Å². The molecule has 0 aliphatic carbocycles. The quantitative estimate of drug-likeness (QED) is 0.704. The Balaban J connectivity index is 2.23. The molecule has 0 aliphatic rings. The predicted octanol–water partition coefficient (Wildman–Crippen LogP) is 2.21. The summed E-state index contributed by atoms with van der Waals surface area (Å²) < 4.78 is 26.2. The van der Waals surface area contributed by atoms with Gasteiger partial charge >= 0.3 is 11.8 Å². The third kappa shape index (κ3) is 4.92. The lowest BCUT2D eigenvalue weighted by Crippen LogP contribution is -2.42. The monoisotopic (exact) mass is 394 g/mol. The summed E-state index contributed by atoms with van der Waals surface area (Å²) in [6.07, 6.45) is 0.706. The molecule has 0 aliphatic heterocycles. The molecule has 1 heterocycles. The molecule has 0 fully saturated rings. The molecule has 140 valence electrons. The largest absolute Gasteiger partial charge is 0.348 e. The summed E-state index contributed by atoms with van der Waals surface area (Å²) in [7, 11) is -3.69. The smallest absolute Gasteiger partial charge is 0.309 e. The van der Waals surface area contributed by atoms with E-state index in [1.165, 1.54) is 6.07 Å². The average Bonchev–Trinajstić information content (AvgIpc) is 3.16. The Kier molecular flexibility index (Phi) is 6.93. The van der Waals surface area contributed by atoms with Gasteiger partial charge in [-0.15, -0.1) is 11.3 Å². The topological polar surface area (TPSA) is 92.3 Å². The van der Waals surface area contributed by atoms with Crippen LogP contribution >= 0.6 is 11.3 Å². The van der Waals surface area contributed by atoms with Crippen LogP contribution in [0.3, 0.4) is 0 Å².